The van der Waals surface area contributed by atoms with E-state index < -0.39 is 0 Å². The minimum atomic E-state index is 0.260. The smallest absolute Gasteiger partial charge is 0.212 e. The first-order chi connectivity index (χ1) is 27.7. The number of hydrogen-bond donors (Lipinski definition) is 0. The Morgan fingerprint density at radius 2 is 1.02 bits per heavy atom. The molecule has 10 aromatic rings. The van der Waals surface area contributed by atoms with Crippen LogP contribution in [0.4, 0.5) is 5.69 Å². The quantitative estimate of drug-likeness (QED) is 0.166. The molecule has 0 aliphatic rings. The summed E-state index contributed by atoms with van der Waals surface area (Å²) in [5, 5.41) is 25.9. The van der Waals surface area contributed by atoms with E-state index in [1.807, 2.05) is 102 Å². The third-order valence-electron chi connectivity index (χ3n) is 10.4. The number of nitrogens with zero attached hydrogens (tertiary/aromatic N) is 7. The van der Waals surface area contributed by atoms with Gasteiger partial charge in [-0.2, -0.15) is 10.5 Å². The molecule has 0 N–H and O–H groups in total. The highest BCUT2D eigenvalue weighted by molar-refractivity contribution is 6.19. The van der Waals surface area contributed by atoms with Crippen molar-refractivity contribution in [3.63, 3.8) is 0 Å². The van der Waals surface area contributed by atoms with Crippen LogP contribution in [0.3, 0.4) is 0 Å². The first-order valence-corrected chi connectivity index (χ1v) is 18.1. The van der Waals surface area contributed by atoms with E-state index >= 15 is 0 Å². The molecule has 7 aromatic carbocycles. The molecule has 0 atom stereocenters. The van der Waals surface area contributed by atoms with E-state index in [9.17, 15) is 10.5 Å². The van der Waals surface area contributed by atoms with Crippen LogP contribution in [0.25, 0.3) is 93.7 Å². The van der Waals surface area contributed by atoms with Crippen molar-refractivity contribution < 1.29 is 0 Å². The van der Waals surface area contributed by atoms with Crippen LogP contribution in [0.5, 0.6) is 0 Å². The van der Waals surface area contributed by atoms with Crippen LogP contribution < -0.4 is 0 Å². The maximum Gasteiger partial charge on any atom is 0.212 e. The second-order valence-corrected chi connectivity index (χ2v) is 13.5. The minimum absolute atomic E-state index is 0.260. The largest absolute Gasteiger partial charge is 0.318 e. The third-order valence-corrected chi connectivity index (χ3v) is 10.4. The van der Waals surface area contributed by atoms with E-state index in [2.05, 4.69) is 76.1 Å². The number of hydrogen-bond acceptors (Lipinski definition) is 4. The van der Waals surface area contributed by atoms with Crippen molar-refractivity contribution in [1.82, 2.24) is 19.1 Å². The summed E-state index contributed by atoms with van der Waals surface area (Å²) in [4.78, 5) is 13.9. The summed E-state index contributed by atoms with van der Waals surface area (Å²) in [7, 11) is 0. The van der Waals surface area contributed by atoms with Gasteiger partial charge in [-0.15, -0.1) is 0 Å². The monoisotopic (exact) mass is 713 g/mol. The molecule has 7 heteroatoms. The highest BCUT2D eigenvalue weighted by atomic mass is 15.0. The first-order valence-electron chi connectivity index (χ1n) is 18.1. The van der Waals surface area contributed by atoms with Gasteiger partial charge in [0.25, 0.3) is 0 Å². The van der Waals surface area contributed by atoms with E-state index in [0.717, 1.165) is 60.4 Å². The molecule has 0 saturated heterocycles. The van der Waals surface area contributed by atoms with Crippen LogP contribution in [-0.4, -0.2) is 19.1 Å². The van der Waals surface area contributed by atoms with E-state index in [1.165, 1.54) is 0 Å². The molecule has 3 heterocycles. The van der Waals surface area contributed by atoms with E-state index in [4.69, 9.17) is 16.5 Å². The molecule has 10 rings (SSSR count). The van der Waals surface area contributed by atoms with E-state index in [1.54, 1.807) is 12.1 Å². The molecular weight excluding hydrogens is 687 g/mol. The number of rotatable bonds is 5. The highest BCUT2D eigenvalue weighted by Crippen LogP contribution is 2.43. The summed E-state index contributed by atoms with van der Waals surface area (Å²) < 4.78 is 4.31. The molecule has 56 heavy (non-hydrogen) atoms. The lowest BCUT2D eigenvalue weighted by molar-refractivity contribution is 1.15. The predicted octanol–water partition coefficient (Wildman–Crippen LogP) is 12.0. The average Bonchev–Trinajstić information content (AvgIpc) is 3.77. The lowest BCUT2D eigenvalue weighted by Crippen LogP contribution is -2.03. The maximum atomic E-state index is 10.9. The zero-order chi connectivity index (χ0) is 37.8. The summed E-state index contributed by atoms with van der Waals surface area (Å²) in [5.74, 6) is 0.436. The molecule has 0 radical (unpaired) electrons. The Balaban J connectivity index is 1.28. The Labute approximate surface area is 321 Å². The van der Waals surface area contributed by atoms with Gasteiger partial charge in [0.2, 0.25) is 5.69 Å². The van der Waals surface area contributed by atoms with Crippen molar-refractivity contribution in [3.05, 3.63) is 186 Å². The lowest BCUT2D eigenvalue weighted by Gasteiger charge is -2.16. The van der Waals surface area contributed by atoms with Gasteiger partial charge in [0.1, 0.15) is 11.6 Å². The molecule has 0 fully saturated rings. The molecule has 0 aliphatic heterocycles. The van der Waals surface area contributed by atoms with Gasteiger partial charge in [-0.25, -0.2) is 14.8 Å². The number of aromatic nitrogens is 4. The van der Waals surface area contributed by atoms with Crippen LogP contribution in [0, 0.1) is 29.2 Å². The molecule has 0 bridgehead atoms. The number of fused-ring (bicyclic) bond motifs is 6. The van der Waals surface area contributed by atoms with Crippen LogP contribution in [-0.2, 0) is 0 Å². The summed E-state index contributed by atoms with van der Waals surface area (Å²) in [5.41, 5.74) is 8.99. The normalized spacial score (nSPS) is 11.2. The molecule has 258 valence electrons. The van der Waals surface area contributed by atoms with Gasteiger partial charge in [0.05, 0.1) is 57.3 Å². The summed E-state index contributed by atoms with van der Waals surface area (Å²) in [6.07, 6.45) is 0. The Morgan fingerprint density at radius 1 is 0.482 bits per heavy atom. The summed E-state index contributed by atoms with van der Waals surface area (Å²) in [6.45, 7) is 8.54. The van der Waals surface area contributed by atoms with Crippen LogP contribution in [0.1, 0.15) is 11.1 Å². The fraction of sp³-hybridized carbons (Fsp3) is 0. The van der Waals surface area contributed by atoms with E-state index in [-0.39, 0.29) is 16.8 Å². The van der Waals surface area contributed by atoms with Crippen LogP contribution in [0.2, 0.25) is 0 Å². The fourth-order valence-corrected chi connectivity index (χ4v) is 7.99. The van der Waals surface area contributed by atoms with Gasteiger partial charge >= 0.3 is 0 Å². The van der Waals surface area contributed by atoms with Gasteiger partial charge in [0.15, 0.2) is 5.82 Å². The van der Waals surface area contributed by atoms with Crippen molar-refractivity contribution in [2.75, 3.05) is 0 Å². The topological polar surface area (TPSA) is 87.6 Å². The maximum absolute atomic E-state index is 10.9. The molecule has 3 aromatic heterocycles. The zero-order valence-electron chi connectivity index (χ0n) is 29.7. The molecule has 0 spiro atoms. The fourth-order valence-electron chi connectivity index (χ4n) is 7.99. The molecular formula is C49H27N7. The molecule has 0 amide bonds. The first kappa shape index (κ1) is 32.3. The van der Waals surface area contributed by atoms with Crippen molar-refractivity contribution in [1.29, 1.82) is 10.5 Å². The number of para-hydroxylation sites is 3. The second kappa shape index (κ2) is 13.0. The average molecular weight is 714 g/mol. The van der Waals surface area contributed by atoms with Gasteiger partial charge in [0, 0.05) is 38.4 Å². The van der Waals surface area contributed by atoms with Crippen LogP contribution in [0.15, 0.2) is 164 Å². The Hall–Kier alpha value is -8.31. The van der Waals surface area contributed by atoms with Crippen molar-refractivity contribution >= 4 is 49.3 Å². The van der Waals surface area contributed by atoms with Gasteiger partial charge in [-0.1, -0.05) is 115 Å². The van der Waals surface area contributed by atoms with Crippen molar-refractivity contribution in [2.24, 2.45) is 0 Å². The molecule has 0 unspecified atom stereocenters. The third kappa shape index (κ3) is 4.96. The van der Waals surface area contributed by atoms with Gasteiger partial charge < -0.3 is 9.13 Å². The van der Waals surface area contributed by atoms with E-state index in [0.29, 0.717) is 28.5 Å². The van der Waals surface area contributed by atoms with Gasteiger partial charge in [-0.05, 0) is 54.1 Å². The highest BCUT2D eigenvalue weighted by Gasteiger charge is 2.25. The Kier molecular flexibility index (Phi) is 7.49. The zero-order valence-corrected chi connectivity index (χ0v) is 29.7. The molecule has 0 saturated carbocycles. The summed E-state index contributed by atoms with van der Waals surface area (Å²) in [6, 6.07) is 58.6. The SMILES string of the molecule is [C-]#[N+]c1cc(-c2nc(-c3ccccc3)nc(-c3ccccc3)c2C#N)cc(C#N)c1-n1c2ccccc2c2cc3c4ccccc4n(-c4ccccc4)c3cc21. The molecule has 7 nitrogen and oxygen atoms in total. The predicted molar refractivity (Wildman–Crippen MR) is 223 cm³/mol. The van der Waals surface area contributed by atoms with Crippen molar-refractivity contribution in [2.45, 2.75) is 0 Å². The second-order valence-electron chi connectivity index (χ2n) is 13.5. The van der Waals surface area contributed by atoms with Gasteiger partial charge in [-0.3, -0.25) is 0 Å². The lowest BCUT2D eigenvalue weighted by atomic mass is 9.97. The Bertz CT molecular complexity index is 3290. The van der Waals surface area contributed by atoms with Crippen LogP contribution >= 0.6 is 0 Å². The minimum Gasteiger partial charge on any atom is -0.318 e. The standard InChI is InChI=1S/C49H27N7/c1-52-41-26-33(47-40(30-51)46(31-15-5-2-6-16-31)53-49(54-47)32-17-7-3-8-18-32)25-34(29-50)48(41)56-43-24-14-12-22-37(43)39-27-38-36-21-11-13-23-42(36)55(44(38)28-45(39)56)35-19-9-4-10-20-35/h2-28H. The number of nitriles is 2. The van der Waals surface area contributed by atoms with Crippen molar-refractivity contribution in [3.8, 4) is 57.4 Å². The summed E-state index contributed by atoms with van der Waals surface area (Å²) >= 11 is 0. The number of benzene rings is 7. The molecule has 0 aliphatic carbocycles. The Morgan fingerprint density at radius 3 is 1.62 bits per heavy atom.